The van der Waals surface area contributed by atoms with Gasteiger partial charge in [-0.1, -0.05) is 18.9 Å². The Morgan fingerprint density at radius 1 is 1.19 bits per heavy atom. The van der Waals surface area contributed by atoms with Gasteiger partial charge in [-0.05, 0) is 62.4 Å². The third-order valence-corrected chi connectivity index (χ3v) is 5.37. The lowest BCUT2D eigenvalue weighted by molar-refractivity contribution is 0.0312. The van der Waals surface area contributed by atoms with Crippen molar-refractivity contribution in [3.05, 3.63) is 35.1 Å². The topological polar surface area (TPSA) is 23.5 Å². The number of aliphatic hydroxyl groups is 1. The highest BCUT2D eigenvalue weighted by Gasteiger charge is 2.36. The predicted molar refractivity (Wildman–Crippen MR) is 82.5 cm³/mol. The average Bonchev–Trinajstić information content (AvgIpc) is 2.90. The zero-order valence-corrected chi connectivity index (χ0v) is 12.9. The highest BCUT2D eigenvalue weighted by atomic mass is 19.1. The molecule has 0 bridgehead atoms. The minimum absolute atomic E-state index is 0.135. The molecule has 0 radical (unpaired) electrons. The van der Waals surface area contributed by atoms with Gasteiger partial charge in [-0.3, -0.25) is 4.90 Å². The van der Waals surface area contributed by atoms with Crippen LogP contribution in [0.1, 0.15) is 49.7 Å². The van der Waals surface area contributed by atoms with Crippen LogP contribution in [0.4, 0.5) is 4.39 Å². The first-order valence-corrected chi connectivity index (χ1v) is 8.32. The van der Waals surface area contributed by atoms with Crippen LogP contribution in [0.3, 0.4) is 0 Å². The zero-order chi connectivity index (χ0) is 14.8. The van der Waals surface area contributed by atoms with E-state index < -0.39 is 0 Å². The fourth-order valence-corrected chi connectivity index (χ4v) is 4.15. The molecule has 1 aliphatic carbocycles. The summed E-state index contributed by atoms with van der Waals surface area (Å²) in [5.74, 6) is 0.268. The number of aliphatic hydroxyl groups excluding tert-OH is 1. The molecule has 1 aromatic carbocycles. The number of rotatable bonds is 3. The van der Waals surface area contributed by atoms with E-state index in [0.717, 1.165) is 43.5 Å². The largest absolute Gasteiger partial charge is 0.393 e. The molecule has 0 amide bonds. The van der Waals surface area contributed by atoms with Crippen molar-refractivity contribution in [2.45, 2.75) is 64.1 Å². The Hall–Kier alpha value is -0.930. The van der Waals surface area contributed by atoms with Crippen LogP contribution >= 0.6 is 0 Å². The number of aryl methyl sites for hydroxylation is 1. The van der Waals surface area contributed by atoms with E-state index in [9.17, 15) is 9.50 Å². The molecule has 3 atom stereocenters. The lowest BCUT2D eigenvalue weighted by Crippen LogP contribution is -2.45. The maximum Gasteiger partial charge on any atom is 0.123 e. The maximum absolute atomic E-state index is 13.5. The predicted octanol–water partition coefficient (Wildman–Crippen LogP) is 3.65. The van der Waals surface area contributed by atoms with E-state index in [-0.39, 0.29) is 11.9 Å². The van der Waals surface area contributed by atoms with E-state index in [1.165, 1.54) is 25.3 Å². The third-order valence-electron chi connectivity index (χ3n) is 5.37. The van der Waals surface area contributed by atoms with E-state index >= 15 is 0 Å². The molecule has 1 aromatic rings. The van der Waals surface area contributed by atoms with Gasteiger partial charge in [0.25, 0.3) is 0 Å². The smallest absolute Gasteiger partial charge is 0.123 e. The Morgan fingerprint density at radius 3 is 2.81 bits per heavy atom. The summed E-state index contributed by atoms with van der Waals surface area (Å²) in [6.07, 6.45) is 6.76. The second-order valence-corrected chi connectivity index (χ2v) is 6.77. The molecule has 0 spiro atoms. The van der Waals surface area contributed by atoms with Crippen LogP contribution in [0.5, 0.6) is 0 Å². The fourth-order valence-electron chi connectivity index (χ4n) is 4.15. The number of likely N-dealkylation sites (tertiary alicyclic amines) is 1. The minimum atomic E-state index is -0.148. The molecule has 3 rings (SSSR count). The third kappa shape index (κ3) is 3.29. The minimum Gasteiger partial charge on any atom is -0.393 e. The Labute approximate surface area is 127 Å². The van der Waals surface area contributed by atoms with Gasteiger partial charge in [-0.25, -0.2) is 4.39 Å². The molecule has 1 aliphatic heterocycles. The van der Waals surface area contributed by atoms with Crippen molar-refractivity contribution in [1.82, 2.24) is 4.90 Å². The summed E-state index contributed by atoms with van der Waals surface area (Å²) in [5, 5.41) is 10.2. The molecule has 3 heteroatoms. The van der Waals surface area contributed by atoms with Crippen LogP contribution in [-0.4, -0.2) is 28.7 Å². The van der Waals surface area contributed by atoms with Crippen LogP contribution in [0.25, 0.3) is 0 Å². The van der Waals surface area contributed by atoms with E-state index in [1.807, 2.05) is 6.07 Å². The van der Waals surface area contributed by atoms with Crippen molar-refractivity contribution in [3.8, 4) is 0 Å². The van der Waals surface area contributed by atoms with E-state index in [0.29, 0.717) is 12.0 Å². The van der Waals surface area contributed by atoms with Crippen LogP contribution in [0.2, 0.25) is 0 Å². The fraction of sp³-hybridized carbons (Fsp3) is 0.667. The van der Waals surface area contributed by atoms with Crippen LogP contribution < -0.4 is 0 Å². The van der Waals surface area contributed by atoms with Crippen molar-refractivity contribution in [2.24, 2.45) is 5.92 Å². The molecular weight excluding hydrogens is 265 g/mol. The average molecular weight is 291 g/mol. The summed E-state index contributed by atoms with van der Waals surface area (Å²) < 4.78 is 13.5. The van der Waals surface area contributed by atoms with Gasteiger partial charge in [0, 0.05) is 18.5 Å². The zero-order valence-electron chi connectivity index (χ0n) is 12.9. The molecule has 1 saturated carbocycles. The molecule has 3 unspecified atom stereocenters. The molecule has 21 heavy (non-hydrogen) atoms. The van der Waals surface area contributed by atoms with Crippen LogP contribution in [0.15, 0.2) is 18.2 Å². The normalized spacial score (nSPS) is 30.7. The van der Waals surface area contributed by atoms with Crippen LogP contribution in [0, 0.1) is 18.7 Å². The Morgan fingerprint density at radius 2 is 2.05 bits per heavy atom. The first-order valence-electron chi connectivity index (χ1n) is 8.32. The van der Waals surface area contributed by atoms with Crippen molar-refractivity contribution in [3.63, 3.8) is 0 Å². The van der Waals surface area contributed by atoms with Crippen molar-refractivity contribution in [1.29, 1.82) is 0 Å². The number of benzene rings is 1. The van der Waals surface area contributed by atoms with Gasteiger partial charge in [-0.2, -0.15) is 0 Å². The molecule has 0 aromatic heterocycles. The van der Waals surface area contributed by atoms with Gasteiger partial charge < -0.3 is 5.11 Å². The summed E-state index contributed by atoms with van der Waals surface area (Å²) in [5.41, 5.74) is 2.25. The van der Waals surface area contributed by atoms with E-state index in [1.54, 1.807) is 6.07 Å². The lowest BCUT2D eigenvalue weighted by atomic mass is 9.87. The first-order chi connectivity index (χ1) is 10.1. The molecule has 2 fully saturated rings. The number of piperidine rings is 1. The van der Waals surface area contributed by atoms with Gasteiger partial charge in [0.15, 0.2) is 0 Å². The summed E-state index contributed by atoms with van der Waals surface area (Å²) in [7, 11) is 0. The molecule has 1 heterocycles. The highest BCUT2D eigenvalue weighted by Crippen LogP contribution is 2.36. The van der Waals surface area contributed by atoms with E-state index in [2.05, 4.69) is 11.8 Å². The Bertz CT molecular complexity index is 490. The van der Waals surface area contributed by atoms with Crippen molar-refractivity contribution >= 4 is 0 Å². The van der Waals surface area contributed by atoms with Crippen molar-refractivity contribution < 1.29 is 9.50 Å². The summed E-state index contributed by atoms with van der Waals surface area (Å²) in [4.78, 5) is 2.49. The highest BCUT2D eigenvalue weighted by molar-refractivity contribution is 5.26. The second kappa shape index (κ2) is 6.45. The molecular formula is C18H26FNO. The van der Waals surface area contributed by atoms with E-state index in [4.69, 9.17) is 0 Å². The molecule has 116 valence electrons. The van der Waals surface area contributed by atoms with Gasteiger partial charge in [0.1, 0.15) is 5.82 Å². The van der Waals surface area contributed by atoms with Crippen LogP contribution in [-0.2, 0) is 6.54 Å². The Kier molecular flexibility index (Phi) is 4.60. The number of hydrogen-bond acceptors (Lipinski definition) is 2. The number of nitrogens with zero attached hydrogens (tertiary/aromatic N) is 1. The summed E-state index contributed by atoms with van der Waals surface area (Å²) in [6.45, 7) is 3.94. The number of halogens is 1. The maximum atomic E-state index is 13.5. The molecule has 1 N–H and O–H groups in total. The molecule has 2 aliphatic rings. The quantitative estimate of drug-likeness (QED) is 0.919. The van der Waals surface area contributed by atoms with Gasteiger partial charge in [0.05, 0.1) is 6.10 Å². The van der Waals surface area contributed by atoms with Gasteiger partial charge in [0.2, 0.25) is 0 Å². The molecule has 2 nitrogen and oxygen atoms in total. The first kappa shape index (κ1) is 15.0. The second-order valence-electron chi connectivity index (χ2n) is 6.77. The lowest BCUT2D eigenvalue weighted by Gasteiger charge is -2.40. The van der Waals surface area contributed by atoms with Gasteiger partial charge >= 0.3 is 0 Å². The monoisotopic (exact) mass is 291 g/mol. The summed E-state index contributed by atoms with van der Waals surface area (Å²) >= 11 is 0. The summed E-state index contributed by atoms with van der Waals surface area (Å²) in [6, 6.07) is 5.55. The standard InChI is InChI=1S/C18H26FNO/c1-13-8-9-15(19)11-14(13)12-20-10-3-2-6-17(20)16-5-4-7-18(16)21/h8-9,11,16-18,21H,2-7,10,12H2,1H3. The number of hydrogen-bond donors (Lipinski definition) is 1. The Balaban J connectivity index is 1.76. The SMILES string of the molecule is Cc1ccc(F)cc1CN1CCCCC1C1CCCC1O. The van der Waals surface area contributed by atoms with Gasteiger partial charge in [-0.15, -0.1) is 0 Å². The van der Waals surface area contributed by atoms with Crippen molar-refractivity contribution in [2.75, 3.05) is 6.54 Å². The molecule has 1 saturated heterocycles.